The van der Waals surface area contributed by atoms with Crippen molar-refractivity contribution in [1.82, 2.24) is 0 Å². The van der Waals surface area contributed by atoms with Crippen molar-refractivity contribution in [3.63, 3.8) is 0 Å². The van der Waals surface area contributed by atoms with Gasteiger partial charge in [-0.15, -0.1) is 0 Å². The zero-order chi connectivity index (χ0) is 8.93. The quantitative estimate of drug-likeness (QED) is 0.541. The molecule has 4 nitrogen and oxygen atoms in total. The predicted octanol–water partition coefficient (Wildman–Crippen LogP) is 0.0728. The minimum Gasteiger partial charge on any atom is -0.463 e. The van der Waals surface area contributed by atoms with E-state index >= 15 is 0 Å². The monoisotopic (exact) mass is 171 g/mol. The van der Waals surface area contributed by atoms with E-state index in [1.165, 1.54) is 0 Å². The van der Waals surface area contributed by atoms with E-state index in [1.54, 1.807) is 13.8 Å². The third-order valence-corrected chi connectivity index (χ3v) is 2.12. The lowest BCUT2D eigenvalue weighted by Gasteiger charge is -2.18. The van der Waals surface area contributed by atoms with Gasteiger partial charge in [-0.05, 0) is 0 Å². The van der Waals surface area contributed by atoms with E-state index in [2.05, 4.69) is 0 Å². The molecule has 0 saturated carbocycles. The normalized spacial score (nSPS) is 38.2. The molecule has 3 N–H and O–H groups in total. The van der Waals surface area contributed by atoms with E-state index in [1.807, 2.05) is 0 Å². The molecule has 0 spiro atoms. The molecule has 0 radical (unpaired) electrons. The summed E-state index contributed by atoms with van der Waals surface area (Å²) in [4.78, 5) is 0. The zero-order valence-electron chi connectivity index (χ0n) is 7.20. The fourth-order valence-corrected chi connectivity index (χ4v) is 1.64. The number of aliphatic hydroxyl groups is 1. The van der Waals surface area contributed by atoms with Gasteiger partial charge in [0.25, 0.3) is 0 Å². The van der Waals surface area contributed by atoms with Crippen LogP contribution in [0.15, 0.2) is 11.5 Å². The van der Waals surface area contributed by atoms with Gasteiger partial charge in [0.05, 0.1) is 11.8 Å². The van der Waals surface area contributed by atoms with E-state index in [0.717, 1.165) is 0 Å². The van der Waals surface area contributed by atoms with Gasteiger partial charge in [0.1, 0.15) is 6.10 Å². The summed E-state index contributed by atoms with van der Waals surface area (Å²) in [5, 5.41) is 9.48. The van der Waals surface area contributed by atoms with Crippen molar-refractivity contribution >= 4 is 0 Å². The molecule has 1 saturated heterocycles. The molecule has 1 fully saturated rings. The van der Waals surface area contributed by atoms with Crippen LogP contribution < -0.4 is 5.73 Å². The van der Waals surface area contributed by atoms with Gasteiger partial charge in [-0.25, -0.2) is 0 Å². The molecular formula is C8H13NO3. The van der Waals surface area contributed by atoms with Crippen LogP contribution in [0, 0.1) is 0 Å². The van der Waals surface area contributed by atoms with Gasteiger partial charge in [0.2, 0.25) is 5.79 Å². The second-order valence-corrected chi connectivity index (χ2v) is 3.70. The maximum absolute atomic E-state index is 9.48. The summed E-state index contributed by atoms with van der Waals surface area (Å²) in [7, 11) is 0. The van der Waals surface area contributed by atoms with Gasteiger partial charge >= 0.3 is 0 Å². The summed E-state index contributed by atoms with van der Waals surface area (Å²) < 4.78 is 10.9. The Balaban J connectivity index is 2.28. The highest BCUT2D eigenvalue weighted by Gasteiger charge is 2.47. The third-order valence-electron chi connectivity index (χ3n) is 2.12. The number of fused-ring (bicyclic) bond motifs is 1. The fourth-order valence-electron chi connectivity index (χ4n) is 1.64. The predicted molar refractivity (Wildman–Crippen MR) is 41.9 cm³/mol. The summed E-state index contributed by atoms with van der Waals surface area (Å²) >= 11 is 0. The molecule has 0 bridgehead atoms. The van der Waals surface area contributed by atoms with Crippen LogP contribution in [0.5, 0.6) is 0 Å². The molecule has 2 aliphatic rings. The molecule has 1 aliphatic heterocycles. The zero-order valence-corrected chi connectivity index (χ0v) is 7.20. The lowest BCUT2D eigenvalue weighted by molar-refractivity contribution is -0.150. The summed E-state index contributed by atoms with van der Waals surface area (Å²) in [6.07, 6.45) is -0.433. The molecule has 0 aromatic carbocycles. The van der Waals surface area contributed by atoms with Crippen LogP contribution in [-0.4, -0.2) is 23.1 Å². The highest BCUT2D eigenvalue weighted by molar-refractivity contribution is 5.22. The van der Waals surface area contributed by atoms with Gasteiger partial charge in [-0.1, -0.05) is 0 Å². The van der Waals surface area contributed by atoms with Gasteiger partial charge in [-0.2, -0.15) is 0 Å². The molecule has 2 rings (SSSR count). The lowest BCUT2D eigenvalue weighted by Crippen LogP contribution is -2.28. The summed E-state index contributed by atoms with van der Waals surface area (Å²) in [6.45, 7) is 3.61. The van der Waals surface area contributed by atoms with Crippen LogP contribution in [0.25, 0.3) is 0 Å². The number of hydrogen-bond acceptors (Lipinski definition) is 4. The van der Waals surface area contributed by atoms with E-state index in [0.29, 0.717) is 17.9 Å². The first-order chi connectivity index (χ1) is 5.49. The lowest BCUT2D eigenvalue weighted by atomic mass is 10.2. The second kappa shape index (κ2) is 2.14. The van der Waals surface area contributed by atoms with Crippen LogP contribution in [0.4, 0.5) is 0 Å². The highest BCUT2D eigenvalue weighted by Crippen LogP contribution is 2.39. The van der Waals surface area contributed by atoms with Crippen LogP contribution in [0.2, 0.25) is 0 Å². The molecule has 1 heterocycles. The molecule has 0 amide bonds. The van der Waals surface area contributed by atoms with Gasteiger partial charge in [0, 0.05) is 20.3 Å². The molecule has 4 heteroatoms. The number of nitrogens with two attached hydrogens (primary N) is 1. The minimum atomic E-state index is -0.647. The van der Waals surface area contributed by atoms with Crippen molar-refractivity contribution in [2.45, 2.75) is 38.3 Å². The molecule has 2 atom stereocenters. The summed E-state index contributed by atoms with van der Waals surface area (Å²) in [5.41, 5.74) is 6.26. The largest absolute Gasteiger partial charge is 0.463 e. The minimum absolute atomic E-state index is 0.347. The Morgan fingerprint density at radius 2 is 2.25 bits per heavy atom. The standard InChI is InChI=1S/C8H13NO3/c1-8(2)11-6-4(9)3-5(10)7(6)12-8/h5,7,10H,3,9H2,1-2H3/t5?,7-/m1/s1. The molecular weight excluding hydrogens is 158 g/mol. The first kappa shape index (κ1) is 7.89. The van der Waals surface area contributed by atoms with Gasteiger partial charge in [0.15, 0.2) is 5.76 Å². The van der Waals surface area contributed by atoms with E-state index < -0.39 is 11.9 Å². The molecule has 1 unspecified atom stereocenters. The van der Waals surface area contributed by atoms with Crippen molar-refractivity contribution in [2.75, 3.05) is 0 Å². The Hall–Kier alpha value is -0.740. The van der Waals surface area contributed by atoms with Crippen molar-refractivity contribution in [2.24, 2.45) is 5.73 Å². The smallest absolute Gasteiger partial charge is 0.205 e. The highest BCUT2D eigenvalue weighted by atomic mass is 16.8. The molecule has 0 aromatic rings. The average Bonchev–Trinajstić information content (AvgIpc) is 2.34. The van der Waals surface area contributed by atoms with Gasteiger partial charge < -0.3 is 20.3 Å². The molecule has 12 heavy (non-hydrogen) atoms. The number of ether oxygens (including phenoxy) is 2. The Kier molecular flexibility index (Phi) is 1.41. The fraction of sp³-hybridized carbons (Fsp3) is 0.750. The molecule has 0 aromatic heterocycles. The van der Waals surface area contributed by atoms with Crippen LogP contribution in [0.1, 0.15) is 20.3 Å². The Morgan fingerprint density at radius 1 is 1.58 bits per heavy atom. The van der Waals surface area contributed by atoms with Crippen molar-refractivity contribution < 1.29 is 14.6 Å². The SMILES string of the molecule is CC1(C)OC2=C(N)CC(O)[C@H]2O1. The third kappa shape index (κ3) is 0.990. The van der Waals surface area contributed by atoms with Crippen molar-refractivity contribution in [1.29, 1.82) is 0 Å². The summed E-state index contributed by atoms with van der Waals surface area (Å²) in [6, 6.07) is 0. The van der Waals surface area contributed by atoms with Crippen LogP contribution in [-0.2, 0) is 9.47 Å². The topological polar surface area (TPSA) is 64.7 Å². The maximum Gasteiger partial charge on any atom is 0.205 e. The Bertz CT molecular complexity index is 247. The maximum atomic E-state index is 9.48. The van der Waals surface area contributed by atoms with Gasteiger partial charge in [-0.3, -0.25) is 0 Å². The molecule has 68 valence electrons. The average molecular weight is 171 g/mol. The number of hydrogen-bond donors (Lipinski definition) is 2. The second-order valence-electron chi connectivity index (χ2n) is 3.70. The molecule has 1 aliphatic carbocycles. The Morgan fingerprint density at radius 3 is 2.83 bits per heavy atom. The number of aliphatic hydroxyl groups excluding tert-OH is 1. The first-order valence-corrected chi connectivity index (χ1v) is 4.03. The van der Waals surface area contributed by atoms with Crippen molar-refractivity contribution in [3.05, 3.63) is 11.5 Å². The number of rotatable bonds is 0. The van der Waals surface area contributed by atoms with E-state index in [-0.39, 0.29) is 6.10 Å². The van der Waals surface area contributed by atoms with Crippen molar-refractivity contribution in [3.8, 4) is 0 Å². The Labute approximate surface area is 71.0 Å². The van der Waals surface area contributed by atoms with E-state index in [9.17, 15) is 5.11 Å². The summed E-state index contributed by atoms with van der Waals surface area (Å²) in [5.74, 6) is -0.0287. The van der Waals surface area contributed by atoms with Crippen LogP contribution >= 0.6 is 0 Å². The van der Waals surface area contributed by atoms with Crippen LogP contribution in [0.3, 0.4) is 0 Å². The van der Waals surface area contributed by atoms with E-state index in [4.69, 9.17) is 15.2 Å². The first-order valence-electron chi connectivity index (χ1n) is 4.03.